The molecule has 0 atom stereocenters. The summed E-state index contributed by atoms with van der Waals surface area (Å²) in [6, 6.07) is 4.37. The number of fused-ring (bicyclic) bond motifs is 1. The second-order valence-electron chi connectivity index (χ2n) is 3.01. The predicted molar refractivity (Wildman–Crippen MR) is 45.9 cm³/mol. The summed E-state index contributed by atoms with van der Waals surface area (Å²) in [6.07, 6.45) is -0.153. The largest absolute Gasteiger partial charge is 0.573 e. The van der Waals surface area contributed by atoms with Crippen molar-refractivity contribution in [2.45, 2.75) is 12.8 Å². The fraction of sp³-hybridized carbons (Fsp3) is 0.200. The van der Waals surface area contributed by atoms with E-state index in [-0.39, 0.29) is 5.75 Å². The lowest BCUT2D eigenvalue weighted by atomic mass is 10.1. The van der Waals surface area contributed by atoms with E-state index in [9.17, 15) is 13.2 Å². The molecule has 0 aliphatic heterocycles. The van der Waals surface area contributed by atoms with E-state index in [0.717, 1.165) is 11.1 Å². The standard InChI is InChI=1S/C10H7F3O/c11-10(12,13)14-9-5-4-7-2-1-3-8(7)6-9/h1-2,4-6H,3H2. The van der Waals surface area contributed by atoms with Crippen molar-refractivity contribution in [2.75, 3.05) is 0 Å². The first-order valence-electron chi connectivity index (χ1n) is 4.10. The van der Waals surface area contributed by atoms with E-state index in [4.69, 9.17) is 0 Å². The highest BCUT2D eigenvalue weighted by Gasteiger charge is 2.31. The Morgan fingerprint density at radius 2 is 2.00 bits per heavy atom. The lowest BCUT2D eigenvalue weighted by molar-refractivity contribution is -0.274. The van der Waals surface area contributed by atoms with Gasteiger partial charge in [-0.25, -0.2) is 0 Å². The fourth-order valence-corrected chi connectivity index (χ4v) is 1.43. The normalized spacial score (nSPS) is 14.2. The first kappa shape index (κ1) is 9.12. The zero-order chi connectivity index (χ0) is 10.2. The Morgan fingerprint density at radius 3 is 2.71 bits per heavy atom. The van der Waals surface area contributed by atoms with Gasteiger partial charge in [0.25, 0.3) is 0 Å². The molecule has 1 nitrogen and oxygen atoms in total. The molecule has 1 aliphatic carbocycles. The fourth-order valence-electron chi connectivity index (χ4n) is 1.43. The minimum atomic E-state index is -4.61. The molecule has 1 aliphatic rings. The Bertz CT molecular complexity index is 379. The van der Waals surface area contributed by atoms with Gasteiger partial charge < -0.3 is 4.74 Å². The maximum Gasteiger partial charge on any atom is 0.573 e. The van der Waals surface area contributed by atoms with Crippen LogP contribution in [-0.4, -0.2) is 6.36 Å². The third kappa shape index (κ3) is 1.89. The van der Waals surface area contributed by atoms with E-state index < -0.39 is 6.36 Å². The number of allylic oxidation sites excluding steroid dienone is 1. The second kappa shape index (κ2) is 3.04. The van der Waals surface area contributed by atoms with Gasteiger partial charge in [0.15, 0.2) is 0 Å². The van der Waals surface area contributed by atoms with Crippen molar-refractivity contribution < 1.29 is 17.9 Å². The molecule has 0 bridgehead atoms. The summed E-state index contributed by atoms with van der Waals surface area (Å²) >= 11 is 0. The molecule has 0 N–H and O–H groups in total. The number of alkyl halides is 3. The summed E-state index contributed by atoms with van der Waals surface area (Å²) in [5.74, 6) is -0.153. The predicted octanol–water partition coefficient (Wildman–Crippen LogP) is 3.15. The maximum absolute atomic E-state index is 11.9. The first-order chi connectivity index (χ1) is 6.54. The van der Waals surface area contributed by atoms with Crippen molar-refractivity contribution in [3.8, 4) is 5.75 Å². The first-order valence-corrected chi connectivity index (χ1v) is 4.10. The van der Waals surface area contributed by atoms with E-state index in [1.54, 1.807) is 6.07 Å². The van der Waals surface area contributed by atoms with Gasteiger partial charge in [-0.1, -0.05) is 18.2 Å². The van der Waals surface area contributed by atoms with Gasteiger partial charge in [-0.2, -0.15) is 0 Å². The van der Waals surface area contributed by atoms with Gasteiger partial charge in [0, 0.05) is 0 Å². The third-order valence-electron chi connectivity index (χ3n) is 1.98. The molecular weight excluding hydrogens is 193 g/mol. The van der Waals surface area contributed by atoms with Gasteiger partial charge in [0.05, 0.1) is 0 Å². The number of rotatable bonds is 1. The Balaban J connectivity index is 2.23. The number of ether oxygens (including phenoxy) is 1. The Kier molecular flexibility index (Phi) is 1.98. The van der Waals surface area contributed by atoms with Crippen molar-refractivity contribution in [1.29, 1.82) is 0 Å². The third-order valence-corrected chi connectivity index (χ3v) is 1.98. The van der Waals surface area contributed by atoms with Crippen LogP contribution in [0.15, 0.2) is 24.3 Å². The molecule has 0 spiro atoms. The van der Waals surface area contributed by atoms with Crippen molar-refractivity contribution in [2.24, 2.45) is 0 Å². The molecular formula is C10H7F3O. The molecule has 1 aromatic carbocycles. The lowest BCUT2D eigenvalue weighted by Gasteiger charge is -2.09. The molecule has 1 aromatic rings. The summed E-state index contributed by atoms with van der Waals surface area (Å²) in [6.45, 7) is 0. The van der Waals surface area contributed by atoms with E-state index in [0.29, 0.717) is 6.42 Å². The number of hydrogen-bond acceptors (Lipinski definition) is 1. The van der Waals surface area contributed by atoms with Crippen molar-refractivity contribution >= 4 is 6.08 Å². The van der Waals surface area contributed by atoms with Crippen LogP contribution >= 0.6 is 0 Å². The van der Waals surface area contributed by atoms with Crippen LogP contribution in [0.4, 0.5) is 13.2 Å². The molecule has 2 rings (SSSR count). The average Bonchev–Trinajstić information content (AvgIpc) is 2.47. The van der Waals surface area contributed by atoms with Crippen LogP contribution < -0.4 is 4.74 Å². The molecule has 74 valence electrons. The highest BCUT2D eigenvalue weighted by Crippen LogP contribution is 2.28. The number of hydrogen-bond donors (Lipinski definition) is 0. The molecule has 4 heteroatoms. The van der Waals surface area contributed by atoms with Crippen LogP contribution in [0, 0.1) is 0 Å². The van der Waals surface area contributed by atoms with E-state index in [2.05, 4.69) is 4.74 Å². The van der Waals surface area contributed by atoms with E-state index in [1.165, 1.54) is 12.1 Å². The molecule has 0 saturated heterocycles. The summed E-state index contributed by atoms with van der Waals surface area (Å²) < 4.78 is 39.4. The summed E-state index contributed by atoms with van der Waals surface area (Å²) in [7, 11) is 0. The van der Waals surface area contributed by atoms with Gasteiger partial charge in [0.1, 0.15) is 5.75 Å². The molecule has 0 amide bonds. The van der Waals surface area contributed by atoms with E-state index in [1.807, 2.05) is 12.2 Å². The van der Waals surface area contributed by atoms with Gasteiger partial charge in [0.2, 0.25) is 0 Å². The van der Waals surface area contributed by atoms with Crippen LogP contribution in [0.3, 0.4) is 0 Å². The van der Waals surface area contributed by atoms with Crippen LogP contribution in [-0.2, 0) is 6.42 Å². The van der Waals surface area contributed by atoms with Gasteiger partial charge in [-0.3, -0.25) is 0 Å². The van der Waals surface area contributed by atoms with Gasteiger partial charge in [-0.05, 0) is 29.7 Å². The van der Waals surface area contributed by atoms with Crippen LogP contribution in [0.5, 0.6) is 5.75 Å². The molecule has 14 heavy (non-hydrogen) atoms. The van der Waals surface area contributed by atoms with E-state index >= 15 is 0 Å². The molecule has 0 unspecified atom stereocenters. The maximum atomic E-state index is 11.9. The molecule has 0 fully saturated rings. The van der Waals surface area contributed by atoms with Crippen molar-refractivity contribution in [3.05, 3.63) is 35.4 Å². The Labute approximate surface area is 78.8 Å². The topological polar surface area (TPSA) is 9.23 Å². The monoisotopic (exact) mass is 200 g/mol. The molecule has 0 radical (unpaired) electrons. The lowest BCUT2D eigenvalue weighted by Crippen LogP contribution is -2.17. The summed E-state index contributed by atoms with van der Waals surface area (Å²) in [5, 5.41) is 0. The number of benzene rings is 1. The summed E-state index contributed by atoms with van der Waals surface area (Å²) in [4.78, 5) is 0. The minimum Gasteiger partial charge on any atom is -0.406 e. The SMILES string of the molecule is FC(F)(F)Oc1ccc2c(c1)CC=C2. The molecule has 0 saturated carbocycles. The zero-order valence-electron chi connectivity index (χ0n) is 7.14. The Hall–Kier alpha value is -1.45. The minimum absolute atomic E-state index is 0.153. The van der Waals surface area contributed by atoms with Crippen LogP contribution in [0.1, 0.15) is 11.1 Å². The highest BCUT2D eigenvalue weighted by molar-refractivity contribution is 5.61. The van der Waals surface area contributed by atoms with Crippen molar-refractivity contribution in [3.63, 3.8) is 0 Å². The molecule has 0 heterocycles. The Morgan fingerprint density at radius 1 is 1.21 bits per heavy atom. The quantitative estimate of drug-likeness (QED) is 0.676. The molecule has 0 aromatic heterocycles. The van der Waals surface area contributed by atoms with Crippen LogP contribution in [0.2, 0.25) is 0 Å². The van der Waals surface area contributed by atoms with Gasteiger partial charge >= 0.3 is 6.36 Å². The van der Waals surface area contributed by atoms with Crippen molar-refractivity contribution in [1.82, 2.24) is 0 Å². The summed E-state index contributed by atoms with van der Waals surface area (Å²) in [5.41, 5.74) is 1.83. The second-order valence-corrected chi connectivity index (χ2v) is 3.01. The van der Waals surface area contributed by atoms with Crippen LogP contribution in [0.25, 0.3) is 6.08 Å². The number of halogens is 3. The highest BCUT2D eigenvalue weighted by atomic mass is 19.4. The zero-order valence-corrected chi connectivity index (χ0v) is 7.14. The average molecular weight is 200 g/mol. The van der Waals surface area contributed by atoms with Gasteiger partial charge in [-0.15, -0.1) is 13.2 Å². The smallest absolute Gasteiger partial charge is 0.406 e.